The highest BCUT2D eigenvalue weighted by molar-refractivity contribution is 7.19. The van der Waals surface area contributed by atoms with Crippen LogP contribution in [-0.2, 0) is 24.3 Å². The molecule has 1 fully saturated rings. The van der Waals surface area contributed by atoms with Crippen molar-refractivity contribution in [3.8, 4) is 23.2 Å². The zero-order valence-corrected chi connectivity index (χ0v) is 22.2. The predicted octanol–water partition coefficient (Wildman–Crippen LogP) is 5.36. The van der Waals surface area contributed by atoms with Crippen LogP contribution in [0.5, 0.6) is 5.88 Å². The van der Waals surface area contributed by atoms with Crippen molar-refractivity contribution in [1.82, 2.24) is 19.5 Å². The predicted molar refractivity (Wildman–Crippen MR) is 145 cm³/mol. The van der Waals surface area contributed by atoms with Crippen LogP contribution in [0.1, 0.15) is 38.7 Å². The van der Waals surface area contributed by atoms with E-state index in [1.54, 1.807) is 30.3 Å². The number of pyridine rings is 1. The Balaban J connectivity index is 1.21. The number of hydrogen-bond donors (Lipinski definition) is 1. The summed E-state index contributed by atoms with van der Waals surface area (Å²) in [7, 11) is 0. The van der Waals surface area contributed by atoms with Crippen molar-refractivity contribution in [2.45, 2.75) is 32.1 Å². The number of hydrogen-bond acceptors (Lipinski definition) is 8. The maximum atomic E-state index is 15.3. The van der Waals surface area contributed by atoms with Gasteiger partial charge < -0.3 is 19.1 Å². The second-order valence-corrected chi connectivity index (χ2v) is 10.4. The van der Waals surface area contributed by atoms with Crippen LogP contribution < -0.4 is 4.74 Å². The number of rotatable bonds is 9. The Bertz CT molecular complexity index is 1830. The van der Waals surface area contributed by atoms with Gasteiger partial charge in [-0.25, -0.2) is 28.5 Å². The zero-order valence-electron chi connectivity index (χ0n) is 21.4. The monoisotopic (exact) mass is 573 g/mol. The van der Waals surface area contributed by atoms with E-state index in [4.69, 9.17) is 14.7 Å². The highest BCUT2D eigenvalue weighted by Crippen LogP contribution is 2.28. The maximum absolute atomic E-state index is 15.3. The number of aromatic nitrogens is 4. The van der Waals surface area contributed by atoms with Crippen molar-refractivity contribution in [2.24, 2.45) is 0 Å². The SMILES string of the molecule is N#Cc1ccc(COc2cccc(-c3ccc(Cc4nc5sc(C(=O)O)nc5n4C[C@@H]4CCO4)c(F)c3)n2)c(F)c1. The third kappa shape index (κ3) is 5.50. The molecule has 1 atom stereocenters. The number of fused-ring (bicyclic) bond motifs is 1. The number of imidazole rings is 1. The van der Waals surface area contributed by atoms with E-state index in [-0.39, 0.29) is 41.1 Å². The van der Waals surface area contributed by atoms with Crippen molar-refractivity contribution in [2.75, 3.05) is 6.61 Å². The number of aromatic carboxylic acids is 1. The van der Waals surface area contributed by atoms with Crippen LogP contribution in [0.3, 0.4) is 0 Å². The van der Waals surface area contributed by atoms with Gasteiger partial charge in [0.25, 0.3) is 0 Å². The molecule has 2 aromatic carbocycles. The summed E-state index contributed by atoms with van der Waals surface area (Å²) in [6.07, 6.45) is 1.02. The van der Waals surface area contributed by atoms with E-state index >= 15 is 4.39 Å². The number of ether oxygens (including phenoxy) is 2. The molecule has 0 bridgehead atoms. The molecule has 4 heterocycles. The molecule has 206 valence electrons. The van der Waals surface area contributed by atoms with Crippen LogP contribution in [0, 0.1) is 23.0 Å². The number of nitrogens with zero attached hydrogens (tertiary/aromatic N) is 5. The minimum Gasteiger partial charge on any atom is -0.476 e. The van der Waals surface area contributed by atoms with Gasteiger partial charge in [0.1, 0.15) is 24.1 Å². The van der Waals surface area contributed by atoms with Crippen molar-refractivity contribution in [3.05, 3.63) is 93.8 Å². The Morgan fingerprint density at radius 2 is 1.93 bits per heavy atom. The van der Waals surface area contributed by atoms with E-state index in [0.717, 1.165) is 23.8 Å². The van der Waals surface area contributed by atoms with E-state index in [2.05, 4.69) is 15.0 Å². The summed E-state index contributed by atoms with van der Waals surface area (Å²) < 4.78 is 42.6. The molecule has 0 saturated carbocycles. The Labute approximate surface area is 236 Å². The summed E-state index contributed by atoms with van der Waals surface area (Å²) in [5, 5.41) is 18.2. The van der Waals surface area contributed by atoms with Crippen molar-refractivity contribution < 1.29 is 28.2 Å². The molecular formula is C29H21F2N5O4S. The van der Waals surface area contributed by atoms with Gasteiger partial charge in [-0.1, -0.05) is 35.6 Å². The van der Waals surface area contributed by atoms with Crippen LogP contribution >= 0.6 is 11.3 Å². The fraction of sp³-hybridized carbons (Fsp3) is 0.207. The van der Waals surface area contributed by atoms with Gasteiger partial charge in [0.2, 0.25) is 10.9 Å². The molecule has 1 aliphatic heterocycles. The molecule has 1 saturated heterocycles. The standard InChI is InChI=1S/C29H21F2N5O4S/c30-21-10-16(13-32)4-5-19(21)15-40-25-3-1-2-23(33-25)18-7-6-17(22(31)11-18)12-24-34-27-26(35-28(41-27)29(37)38)36(24)14-20-8-9-39-20/h1-7,10-11,20H,8-9,12,14-15H2,(H,37,38)/t20-/m0/s1. The minimum atomic E-state index is -1.12. The normalized spacial score (nSPS) is 14.5. The summed E-state index contributed by atoms with van der Waals surface area (Å²) in [5.41, 5.74) is 2.37. The van der Waals surface area contributed by atoms with E-state index in [0.29, 0.717) is 46.3 Å². The fourth-order valence-corrected chi connectivity index (χ4v) is 5.27. The lowest BCUT2D eigenvalue weighted by atomic mass is 10.1. The smallest absolute Gasteiger partial charge is 0.365 e. The highest BCUT2D eigenvalue weighted by Gasteiger charge is 2.25. The lowest BCUT2D eigenvalue weighted by Crippen LogP contribution is -2.31. The van der Waals surface area contributed by atoms with Gasteiger partial charge in [-0.2, -0.15) is 5.26 Å². The summed E-state index contributed by atoms with van der Waals surface area (Å²) in [6.45, 7) is 1.04. The summed E-state index contributed by atoms with van der Waals surface area (Å²) in [5.74, 6) is -1.30. The number of benzene rings is 2. The average molecular weight is 574 g/mol. The van der Waals surface area contributed by atoms with E-state index in [1.165, 1.54) is 18.2 Å². The second kappa shape index (κ2) is 11.0. The summed E-state index contributed by atoms with van der Waals surface area (Å²) in [6, 6.07) is 15.9. The van der Waals surface area contributed by atoms with Crippen LogP contribution in [0.15, 0.2) is 54.6 Å². The Morgan fingerprint density at radius 3 is 2.63 bits per heavy atom. The second-order valence-electron chi connectivity index (χ2n) is 9.42. The van der Waals surface area contributed by atoms with Gasteiger partial charge in [0.15, 0.2) is 10.5 Å². The highest BCUT2D eigenvalue weighted by atomic mass is 32.1. The Kier molecular flexibility index (Phi) is 7.13. The molecule has 3 aromatic heterocycles. The summed E-state index contributed by atoms with van der Waals surface area (Å²) in [4.78, 5) is 25.1. The van der Waals surface area contributed by atoms with E-state index < -0.39 is 17.6 Å². The molecule has 12 heteroatoms. The quantitative estimate of drug-likeness (QED) is 0.250. The van der Waals surface area contributed by atoms with Gasteiger partial charge in [0, 0.05) is 30.2 Å². The average Bonchev–Trinajstić information content (AvgIpc) is 3.49. The number of carboxylic acids is 1. The minimum absolute atomic E-state index is 0.0256. The lowest BCUT2D eigenvalue weighted by Gasteiger charge is -2.27. The lowest BCUT2D eigenvalue weighted by molar-refractivity contribution is -0.0590. The molecular weight excluding hydrogens is 552 g/mol. The number of thiazole rings is 1. The largest absolute Gasteiger partial charge is 0.476 e. The van der Waals surface area contributed by atoms with Gasteiger partial charge >= 0.3 is 5.97 Å². The molecule has 6 rings (SSSR count). The molecule has 0 amide bonds. The number of carbonyl (C=O) groups is 1. The number of halogens is 2. The van der Waals surface area contributed by atoms with Crippen molar-refractivity contribution >= 4 is 27.8 Å². The topological polar surface area (TPSA) is 123 Å². The van der Waals surface area contributed by atoms with Gasteiger partial charge in [0.05, 0.1) is 30.0 Å². The first-order chi connectivity index (χ1) is 19.9. The van der Waals surface area contributed by atoms with Crippen LogP contribution in [0.2, 0.25) is 0 Å². The van der Waals surface area contributed by atoms with E-state index in [9.17, 15) is 14.3 Å². The first-order valence-corrected chi connectivity index (χ1v) is 13.5. The third-order valence-electron chi connectivity index (χ3n) is 6.73. The molecule has 41 heavy (non-hydrogen) atoms. The van der Waals surface area contributed by atoms with Crippen LogP contribution in [0.25, 0.3) is 21.7 Å². The van der Waals surface area contributed by atoms with Crippen LogP contribution in [-0.4, -0.2) is 43.3 Å². The van der Waals surface area contributed by atoms with Crippen LogP contribution in [0.4, 0.5) is 8.78 Å². The Hall–Kier alpha value is -4.73. The molecule has 9 nitrogen and oxygen atoms in total. The first kappa shape index (κ1) is 26.5. The molecule has 1 aliphatic rings. The van der Waals surface area contributed by atoms with Gasteiger partial charge in [-0.05, 0) is 36.2 Å². The number of nitriles is 1. The number of carboxylic acid groups (broad SMARTS) is 1. The molecule has 0 unspecified atom stereocenters. The van der Waals surface area contributed by atoms with E-state index in [1.807, 2.05) is 10.6 Å². The molecule has 0 aliphatic carbocycles. The molecule has 1 N–H and O–H groups in total. The fourth-order valence-electron chi connectivity index (χ4n) is 4.46. The molecule has 0 spiro atoms. The van der Waals surface area contributed by atoms with Gasteiger partial charge in [-0.3, -0.25) is 0 Å². The summed E-state index contributed by atoms with van der Waals surface area (Å²) >= 11 is 0.983. The van der Waals surface area contributed by atoms with Crippen molar-refractivity contribution in [1.29, 1.82) is 5.26 Å². The Morgan fingerprint density at radius 1 is 1.12 bits per heavy atom. The third-order valence-corrected chi connectivity index (χ3v) is 7.66. The zero-order chi connectivity index (χ0) is 28.5. The first-order valence-electron chi connectivity index (χ1n) is 12.7. The van der Waals surface area contributed by atoms with Gasteiger partial charge in [-0.15, -0.1) is 0 Å². The van der Waals surface area contributed by atoms with Crippen molar-refractivity contribution in [3.63, 3.8) is 0 Å². The molecule has 0 radical (unpaired) electrons. The maximum Gasteiger partial charge on any atom is 0.365 e. The molecule has 5 aromatic rings.